The molecule has 0 unspecified atom stereocenters. The van der Waals surface area contributed by atoms with Crippen molar-refractivity contribution in [2.45, 2.75) is 19.8 Å². The van der Waals surface area contributed by atoms with Crippen LogP contribution in [0.25, 0.3) is 5.69 Å². The summed E-state index contributed by atoms with van der Waals surface area (Å²) < 4.78 is 6.91. The molecule has 2 N–H and O–H groups in total. The summed E-state index contributed by atoms with van der Waals surface area (Å²) in [5.41, 5.74) is 2.10. The molecule has 1 saturated heterocycles. The molecule has 0 saturated carbocycles. The van der Waals surface area contributed by atoms with E-state index in [0.717, 1.165) is 42.9 Å². The van der Waals surface area contributed by atoms with E-state index >= 15 is 0 Å². The number of aryl methyl sites for hydroxylation is 1. The van der Waals surface area contributed by atoms with Gasteiger partial charge < -0.3 is 15.4 Å². The number of aromatic nitrogens is 4. The second kappa shape index (κ2) is 8.37. The van der Waals surface area contributed by atoms with Crippen molar-refractivity contribution >= 4 is 24.0 Å². The first-order valence-corrected chi connectivity index (χ1v) is 8.00. The van der Waals surface area contributed by atoms with Crippen LogP contribution in [0.15, 0.2) is 24.5 Å². The molecule has 0 bridgehead atoms. The maximum absolute atomic E-state index is 12.9. The van der Waals surface area contributed by atoms with Gasteiger partial charge in [0.2, 0.25) is 5.91 Å². The van der Waals surface area contributed by atoms with E-state index in [0.29, 0.717) is 6.61 Å². The van der Waals surface area contributed by atoms with Crippen LogP contribution >= 0.6 is 12.4 Å². The number of nitrogens with zero attached hydrogens (tertiary/aromatic N) is 4. The Labute approximate surface area is 152 Å². The first kappa shape index (κ1) is 19.3. The lowest BCUT2D eigenvalue weighted by Gasteiger charge is -2.35. The van der Waals surface area contributed by atoms with E-state index in [-0.39, 0.29) is 18.3 Å². The molecule has 9 heteroatoms. The highest BCUT2D eigenvalue weighted by atomic mass is 35.5. The molecule has 136 valence electrons. The van der Waals surface area contributed by atoms with Crippen molar-refractivity contribution in [3.8, 4) is 5.69 Å². The fourth-order valence-corrected chi connectivity index (χ4v) is 3.09. The number of carbonyl (C=O) groups is 1. The molecule has 3 rings (SSSR count). The van der Waals surface area contributed by atoms with E-state index < -0.39 is 5.41 Å². The number of carbonyl (C=O) groups excluding carboxylic acids is 1. The molecule has 0 aliphatic carbocycles. The Balaban J connectivity index is 0.00000225. The van der Waals surface area contributed by atoms with Crippen LogP contribution in [-0.4, -0.2) is 52.9 Å². The molecular weight excluding hydrogens is 344 g/mol. The van der Waals surface area contributed by atoms with E-state index in [9.17, 15) is 4.79 Å². The van der Waals surface area contributed by atoms with Gasteiger partial charge in [0.25, 0.3) is 0 Å². The van der Waals surface area contributed by atoms with Gasteiger partial charge in [0.15, 0.2) is 0 Å². The molecule has 1 aromatic carbocycles. The molecule has 25 heavy (non-hydrogen) atoms. The van der Waals surface area contributed by atoms with Crippen LogP contribution in [-0.2, 0) is 9.53 Å². The van der Waals surface area contributed by atoms with E-state index in [2.05, 4.69) is 26.2 Å². The van der Waals surface area contributed by atoms with Gasteiger partial charge in [-0.3, -0.25) is 4.79 Å². The standard InChI is InChI=1S/C16H22N6O2.ClH/c1-12-3-4-13(9-14(12)22-11-18-20-21-22)19-15(23)16(10-24-2)5-7-17-8-6-16;/h3-4,9,11,17H,5-8,10H2,1-2H3,(H,19,23);1H. The van der Waals surface area contributed by atoms with E-state index in [1.165, 1.54) is 6.33 Å². The van der Waals surface area contributed by atoms with Crippen molar-refractivity contribution < 1.29 is 9.53 Å². The maximum atomic E-state index is 12.9. The number of amides is 1. The Hall–Kier alpha value is -2.03. The first-order chi connectivity index (χ1) is 11.6. The average molecular weight is 367 g/mol. The van der Waals surface area contributed by atoms with Crippen LogP contribution in [0.2, 0.25) is 0 Å². The predicted molar refractivity (Wildman–Crippen MR) is 96.2 cm³/mol. The number of ether oxygens (including phenoxy) is 1. The highest BCUT2D eigenvalue weighted by molar-refractivity contribution is 5.95. The fraction of sp³-hybridized carbons (Fsp3) is 0.500. The number of hydrogen-bond acceptors (Lipinski definition) is 6. The van der Waals surface area contributed by atoms with Crippen LogP contribution in [0, 0.1) is 12.3 Å². The number of halogens is 1. The SMILES string of the molecule is COCC1(C(=O)Nc2ccc(C)c(-n3cnnn3)c2)CCNCC1.Cl. The number of hydrogen-bond donors (Lipinski definition) is 2. The molecular formula is C16H23ClN6O2. The third-order valence-electron chi connectivity index (χ3n) is 4.53. The third-order valence-corrected chi connectivity index (χ3v) is 4.53. The van der Waals surface area contributed by atoms with E-state index in [1.54, 1.807) is 11.8 Å². The zero-order chi connectivity index (χ0) is 17.0. The molecule has 0 spiro atoms. The van der Waals surface area contributed by atoms with Gasteiger partial charge >= 0.3 is 0 Å². The largest absolute Gasteiger partial charge is 0.384 e. The Kier molecular flexibility index (Phi) is 6.46. The van der Waals surface area contributed by atoms with Gasteiger partial charge in [-0.25, -0.2) is 4.68 Å². The second-order valence-corrected chi connectivity index (χ2v) is 6.17. The molecule has 1 aliphatic rings. The quantitative estimate of drug-likeness (QED) is 0.829. The number of piperidine rings is 1. The monoisotopic (exact) mass is 366 g/mol. The van der Waals surface area contributed by atoms with Crippen molar-refractivity contribution in [2.75, 3.05) is 32.1 Å². The zero-order valence-electron chi connectivity index (χ0n) is 14.4. The Morgan fingerprint density at radius 2 is 2.16 bits per heavy atom. The average Bonchev–Trinajstić information content (AvgIpc) is 3.12. The minimum atomic E-state index is -0.486. The Morgan fingerprint density at radius 1 is 1.40 bits per heavy atom. The van der Waals surface area contributed by atoms with Crippen molar-refractivity contribution in [3.05, 3.63) is 30.1 Å². The van der Waals surface area contributed by atoms with Crippen molar-refractivity contribution in [1.82, 2.24) is 25.5 Å². The van der Waals surface area contributed by atoms with Crippen LogP contribution in [0.3, 0.4) is 0 Å². The smallest absolute Gasteiger partial charge is 0.233 e. The van der Waals surface area contributed by atoms with E-state index in [4.69, 9.17) is 4.74 Å². The highest BCUT2D eigenvalue weighted by Gasteiger charge is 2.39. The van der Waals surface area contributed by atoms with Gasteiger partial charge in [0.05, 0.1) is 17.7 Å². The molecule has 1 amide bonds. The summed E-state index contributed by atoms with van der Waals surface area (Å²) in [6.45, 7) is 4.04. The molecule has 1 aromatic heterocycles. The summed E-state index contributed by atoms with van der Waals surface area (Å²) in [5.74, 6) is -0.00244. The Bertz CT molecular complexity index is 695. The van der Waals surface area contributed by atoms with Crippen LogP contribution in [0.5, 0.6) is 0 Å². The lowest BCUT2D eigenvalue weighted by molar-refractivity contribution is -0.130. The van der Waals surface area contributed by atoms with Crippen molar-refractivity contribution in [3.63, 3.8) is 0 Å². The molecule has 1 fully saturated rings. The second-order valence-electron chi connectivity index (χ2n) is 6.17. The molecule has 2 heterocycles. The molecule has 2 aromatic rings. The lowest BCUT2D eigenvalue weighted by Crippen LogP contribution is -2.47. The van der Waals surface area contributed by atoms with Gasteiger partial charge in [0, 0.05) is 12.8 Å². The Morgan fingerprint density at radius 3 is 2.80 bits per heavy atom. The van der Waals surface area contributed by atoms with Crippen molar-refractivity contribution in [1.29, 1.82) is 0 Å². The minimum Gasteiger partial charge on any atom is -0.384 e. The fourth-order valence-electron chi connectivity index (χ4n) is 3.09. The summed E-state index contributed by atoms with van der Waals surface area (Å²) in [5, 5.41) is 17.6. The number of rotatable bonds is 5. The summed E-state index contributed by atoms with van der Waals surface area (Å²) in [6.07, 6.45) is 3.06. The van der Waals surface area contributed by atoms with Gasteiger partial charge in [0.1, 0.15) is 6.33 Å². The summed E-state index contributed by atoms with van der Waals surface area (Å²) in [6, 6.07) is 5.71. The van der Waals surface area contributed by atoms with Gasteiger partial charge in [-0.05, 0) is 61.0 Å². The number of nitrogens with one attached hydrogen (secondary N) is 2. The van der Waals surface area contributed by atoms with Crippen LogP contribution < -0.4 is 10.6 Å². The topological polar surface area (TPSA) is 94.0 Å². The number of methoxy groups -OCH3 is 1. The molecule has 0 radical (unpaired) electrons. The highest BCUT2D eigenvalue weighted by Crippen LogP contribution is 2.31. The normalized spacial score (nSPS) is 16.1. The number of tetrazole rings is 1. The van der Waals surface area contributed by atoms with Gasteiger partial charge in [-0.2, -0.15) is 0 Å². The third kappa shape index (κ3) is 4.15. The van der Waals surface area contributed by atoms with Gasteiger partial charge in [-0.1, -0.05) is 6.07 Å². The molecule has 1 aliphatic heterocycles. The summed E-state index contributed by atoms with van der Waals surface area (Å²) >= 11 is 0. The van der Waals surface area contributed by atoms with Gasteiger partial charge in [-0.15, -0.1) is 17.5 Å². The number of benzene rings is 1. The van der Waals surface area contributed by atoms with Crippen LogP contribution in [0.1, 0.15) is 18.4 Å². The maximum Gasteiger partial charge on any atom is 0.233 e. The lowest BCUT2D eigenvalue weighted by atomic mass is 9.78. The zero-order valence-corrected chi connectivity index (χ0v) is 15.2. The summed E-state index contributed by atoms with van der Waals surface area (Å²) in [7, 11) is 1.64. The summed E-state index contributed by atoms with van der Waals surface area (Å²) in [4.78, 5) is 12.9. The molecule has 8 nitrogen and oxygen atoms in total. The first-order valence-electron chi connectivity index (χ1n) is 8.00. The number of anilines is 1. The van der Waals surface area contributed by atoms with Crippen molar-refractivity contribution in [2.24, 2.45) is 5.41 Å². The predicted octanol–water partition coefficient (Wildman–Crippen LogP) is 1.35. The van der Waals surface area contributed by atoms with E-state index in [1.807, 2.05) is 25.1 Å². The molecule has 0 atom stereocenters. The van der Waals surface area contributed by atoms with Crippen LogP contribution in [0.4, 0.5) is 5.69 Å². The minimum absolute atomic E-state index is 0.